The normalized spacial score (nSPS) is 17.1. The van der Waals surface area contributed by atoms with E-state index in [4.69, 9.17) is 0 Å². The summed E-state index contributed by atoms with van der Waals surface area (Å²) >= 11 is 0. The summed E-state index contributed by atoms with van der Waals surface area (Å²) in [4.78, 5) is 12.1. The highest BCUT2D eigenvalue weighted by Gasteiger charge is 2.28. The topological polar surface area (TPSA) is 29.1 Å². The van der Waals surface area contributed by atoms with Crippen LogP contribution < -0.4 is 5.32 Å². The number of carbonyl (C=O) groups is 1. The summed E-state index contributed by atoms with van der Waals surface area (Å²) in [5, 5.41) is 3.18. The number of carbonyl (C=O) groups excluding carboxylic acids is 1. The Kier molecular flexibility index (Phi) is 3.51. The zero-order valence-corrected chi connectivity index (χ0v) is 10.7. The van der Waals surface area contributed by atoms with Crippen molar-refractivity contribution in [2.75, 3.05) is 0 Å². The van der Waals surface area contributed by atoms with Gasteiger partial charge in [-0.05, 0) is 32.3 Å². The molecule has 1 aliphatic carbocycles. The molecule has 1 saturated carbocycles. The molecular formula is C15H21NO. The molecule has 2 heteroatoms. The molecule has 0 heterocycles. The van der Waals surface area contributed by atoms with Crippen molar-refractivity contribution in [1.82, 2.24) is 5.32 Å². The van der Waals surface area contributed by atoms with Crippen LogP contribution in [-0.2, 0) is 10.3 Å². The van der Waals surface area contributed by atoms with Crippen LogP contribution >= 0.6 is 0 Å². The minimum absolute atomic E-state index is 0.219. The summed E-state index contributed by atoms with van der Waals surface area (Å²) in [6, 6.07) is 10.2. The molecule has 1 aliphatic rings. The van der Waals surface area contributed by atoms with Crippen LogP contribution in [0.3, 0.4) is 0 Å². The molecule has 17 heavy (non-hydrogen) atoms. The summed E-state index contributed by atoms with van der Waals surface area (Å²) in [7, 11) is 0. The monoisotopic (exact) mass is 231 g/mol. The molecule has 1 aromatic carbocycles. The Morgan fingerprint density at radius 1 is 1.18 bits per heavy atom. The van der Waals surface area contributed by atoms with Crippen LogP contribution in [0.1, 0.15) is 45.1 Å². The van der Waals surface area contributed by atoms with Gasteiger partial charge < -0.3 is 5.32 Å². The molecule has 0 saturated heterocycles. The number of hydrogen-bond donors (Lipinski definition) is 1. The van der Waals surface area contributed by atoms with E-state index in [2.05, 4.69) is 31.3 Å². The zero-order chi connectivity index (χ0) is 12.3. The maximum absolute atomic E-state index is 12.1. The second-order valence-electron chi connectivity index (χ2n) is 5.46. The predicted molar refractivity (Wildman–Crippen MR) is 69.6 cm³/mol. The Morgan fingerprint density at radius 2 is 1.76 bits per heavy atom. The molecule has 2 nitrogen and oxygen atoms in total. The first-order valence-electron chi connectivity index (χ1n) is 6.47. The van der Waals surface area contributed by atoms with Gasteiger partial charge in [0.2, 0.25) is 5.91 Å². The van der Waals surface area contributed by atoms with Crippen molar-refractivity contribution in [2.45, 2.75) is 45.1 Å². The number of hydrogen-bond acceptors (Lipinski definition) is 1. The average molecular weight is 231 g/mol. The third-order valence-electron chi connectivity index (χ3n) is 3.66. The van der Waals surface area contributed by atoms with E-state index in [0.29, 0.717) is 0 Å². The van der Waals surface area contributed by atoms with Gasteiger partial charge >= 0.3 is 0 Å². The number of amides is 1. The fourth-order valence-corrected chi connectivity index (χ4v) is 2.53. The van der Waals surface area contributed by atoms with Crippen molar-refractivity contribution in [3.8, 4) is 0 Å². The quantitative estimate of drug-likeness (QED) is 0.850. The summed E-state index contributed by atoms with van der Waals surface area (Å²) < 4.78 is 0. The van der Waals surface area contributed by atoms with Crippen molar-refractivity contribution >= 4 is 5.91 Å². The smallest absolute Gasteiger partial charge is 0.223 e. The highest BCUT2D eigenvalue weighted by molar-refractivity contribution is 5.79. The first-order valence-corrected chi connectivity index (χ1v) is 6.47. The molecule has 1 aromatic rings. The lowest BCUT2D eigenvalue weighted by molar-refractivity contribution is -0.126. The van der Waals surface area contributed by atoms with E-state index in [1.54, 1.807) is 0 Å². The van der Waals surface area contributed by atoms with E-state index in [0.717, 1.165) is 18.4 Å². The van der Waals surface area contributed by atoms with Crippen LogP contribution in [-0.4, -0.2) is 5.91 Å². The summed E-state index contributed by atoms with van der Waals surface area (Å²) in [6.07, 6.45) is 4.50. The highest BCUT2D eigenvalue weighted by atomic mass is 16.2. The largest absolute Gasteiger partial charge is 0.347 e. The number of benzene rings is 1. The molecule has 2 rings (SSSR count). The molecule has 0 atom stereocenters. The van der Waals surface area contributed by atoms with E-state index < -0.39 is 0 Å². The SMILES string of the molecule is CC(C)(NC(=O)C1CCCC1)c1ccccc1. The van der Waals surface area contributed by atoms with Crippen LogP contribution in [0.15, 0.2) is 30.3 Å². The second-order valence-corrected chi connectivity index (χ2v) is 5.46. The van der Waals surface area contributed by atoms with Gasteiger partial charge in [0.1, 0.15) is 0 Å². The van der Waals surface area contributed by atoms with Gasteiger partial charge in [0, 0.05) is 5.92 Å². The fourth-order valence-electron chi connectivity index (χ4n) is 2.53. The molecule has 92 valence electrons. The lowest BCUT2D eigenvalue weighted by Gasteiger charge is -2.28. The lowest BCUT2D eigenvalue weighted by Crippen LogP contribution is -2.43. The van der Waals surface area contributed by atoms with Gasteiger partial charge in [0.15, 0.2) is 0 Å². The minimum Gasteiger partial charge on any atom is -0.347 e. The molecule has 0 bridgehead atoms. The van der Waals surface area contributed by atoms with Crippen LogP contribution in [0.5, 0.6) is 0 Å². The van der Waals surface area contributed by atoms with Gasteiger partial charge in [0.05, 0.1) is 5.54 Å². The average Bonchev–Trinajstić information content (AvgIpc) is 2.83. The maximum atomic E-state index is 12.1. The maximum Gasteiger partial charge on any atom is 0.223 e. The van der Waals surface area contributed by atoms with Crippen molar-refractivity contribution in [3.05, 3.63) is 35.9 Å². The van der Waals surface area contributed by atoms with E-state index >= 15 is 0 Å². The van der Waals surface area contributed by atoms with Crippen LogP contribution in [0.4, 0.5) is 0 Å². The van der Waals surface area contributed by atoms with E-state index in [1.165, 1.54) is 12.8 Å². The minimum atomic E-state index is -0.277. The van der Waals surface area contributed by atoms with Crippen molar-refractivity contribution < 1.29 is 4.79 Å². The number of rotatable bonds is 3. The molecule has 1 amide bonds. The first kappa shape index (κ1) is 12.2. The molecule has 0 radical (unpaired) electrons. The van der Waals surface area contributed by atoms with Crippen LogP contribution in [0, 0.1) is 5.92 Å². The molecule has 0 aromatic heterocycles. The van der Waals surface area contributed by atoms with Crippen molar-refractivity contribution in [3.63, 3.8) is 0 Å². The van der Waals surface area contributed by atoms with Gasteiger partial charge in [-0.1, -0.05) is 43.2 Å². The number of nitrogens with one attached hydrogen (secondary N) is 1. The summed E-state index contributed by atoms with van der Waals surface area (Å²) in [5.74, 6) is 0.453. The Hall–Kier alpha value is -1.31. The lowest BCUT2D eigenvalue weighted by atomic mass is 9.93. The summed E-state index contributed by atoms with van der Waals surface area (Å²) in [5.41, 5.74) is 0.882. The molecule has 0 unspecified atom stereocenters. The summed E-state index contributed by atoms with van der Waals surface area (Å²) in [6.45, 7) is 4.13. The Labute approximate surface area is 103 Å². The molecule has 1 fully saturated rings. The van der Waals surface area contributed by atoms with Gasteiger partial charge in [-0.3, -0.25) is 4.79 Å². The molecule has 0 spiro atoms. The Morgan fingerprint density at radius 3 is 2.35 bits per heavy atom. The van der Waals surface area contributed by atoms with Crippen molar-refractivity contribution in [1.29, 1.82) is 0 Å². The fraction of sp³-hybridized carbons (Fsp3) is 0.533. The van der Waals surface area contributed by atoms with Gasteiger partial charge in [0.25, 0.3) is 0 Å². The predicted octanol–water partition coefficient (Wildman–Crippen LogP) is 3.23. The van der Waals surface area contributed by atoms with E-state index in [-0.39, 0.29) is 17.4 Å². The Bertz CT molecular complexity index is 377. The van der Waals surface area contributed by atoms with Gasteiger partial charge in [-0.25, -0.2) is 0 Å². The Balaban J connectivity index is 2.04. The third kappa shape index (κ3) is 2.87. The molecule has 0 aliphatic heterocycles. The molecular weight excluding hydrogens is 210 g/mol. The van der Waals surface area contributed by atoms with Gasteiger partial charge in [-0.2, -0.15) is 0 Å². The second kappa shape index (κ2) is 4.91. The van der Waals surface area contributed by atoms with E-state index in [1.807, 2.05) is 18.2 Å². The van der Waals surface area contributed by atoms with Crippen LogP contribution in [0.2, 0.25) is 0 Å². The zero-order valence-electron chi connectivity index (χ0n) is 10.7. The standard InChI is InChI=1S/C15H21NO/c1-15(2,13-10-4-3-5-11-13)16-14(17)12-8-6-7-9-12/h3-5,10-12H,6-9H2,1-2H3,(H,16,17). The molecule has 1 N–H and O–H groups in total. The van der Waals surface area contributed by atoms with E-state index in [9.17, 15) is 4.79 Å². The first-order chi connectivity index (χ1) is 8.09. The van der Waals surface area contributed by atoms with Gasteiger partial charge in [-0.15, -0.1) is 0 Å². The van der Waals surface area contributed by atoms with Crippen molar-refractivity contribution in [2.24, 2.45) is 5.92 Å². The third-order valence-corrected chi connectivity index (χ3v) is 3.66. The van der Waals surface area contributed by atoms with Crippen LogP contribution in [0.25, 0.3) is 0 Å². The highest BCUT2D eigenvalue weighted by Crippen LogP contribution is 2.27.